The zero-order valence-corrected chi connectivity index (χ0v) is 16.1. The molecule has 0 unspecified atom stereocenters. The van der Waals surface area contributed by atoms with Crippen molar-refractivity contribution in [3.63, 3.8) is 0 Å². The van der Waals surface area contributed by atoms with Gasteiger partial charge in [-0.1, -0.05) is 30.3 Å². The number of rotatable bonds is 5. The van der Waals surface area contributed by atoms with Crippen molar-refractivity contribution >= 4 is 22.7 Å². The van der Waals surface area contributed by atoms with Crippen LogP contribution in [0, 0.1) is 0 Å². The molecule has 3 aromatic rings. The van der Waals surface area contributed by atoms with Crippen LogP contribution in [0.15, 0.2) is 54.7 Å². The Kier molecular flexibility index (Phi) is 5.31. The molecule has 0 aliphatic rings. The Morgan fingerprint density at radius 1 is 1.11 bits per heavy atom. The summed E-state index contributed by atoms with van der Waals surface area (Å²) in [4.78, 5) is 27.3. The average Bonchev–Trinajstić information content (AvgIpc) is 3.05. The van der Waals surface area contributed by atoms with Crippen LogP contribution < -0.4 is 4.74 Å². The second-order valence-electron chi connectivity index (χ2n) is 6.83. The number of hydrogen-bond donors (Lipinski definition) is 0. The van der Waals surface area contributed by atoms with Crippen LogP contribution in [0.3, 0.4) is 0 Å². The van der Waals surface area contributed by atoms with E-state index in [1.165, 1.54) is 11.5 Å². The third-order valence-electron chi connectivity index (χ3n) is 4.66. The number of methoxy groups -OCH3 is 1. The second-order valence-corrected chi connectivity index (χ2v) is 6.83. The molecule has 0 bridgehead atoms. The Hall–Kier alpha value is -3.08. The van der Waals surface area contributed by atoms with Crippen molar-refractivity contribution in [3.8, 4) is 5.75 Å². The fourth-order valence-corrected chi connectivity index (χ4v) is 3.19. The second kappa shape index (κ2) is 7.66. The van der Waals surface area contributed by atoms with Crippen LogP contribution in [0.1, 0.15) is 41.5 Å². The first-order valence-corrected chi connectivity index (χ1v) is 8.97. The van der Waals surface area contributed by atoms with Gasteiger partial charge in [-0.25, -0.2) is 0 Å². The van der Waals surface area contributed by atoms with Crippen LogP contribution in [0.25, 0.3) is 10.9 Å². The molecule has 27 heavy (non-hydrogen) atoms. The first-order chi connectivity index (χ1) is 12.9. The minimum Gasteiger partial charge on any atom is -0.497 e. The summed E-state index contributed by atoms with van der Waals surface area (Å²) in [5.41, 5.74) is 2.27. The number of nitrogens with zero attached hydrogens (tertiary/aromatic N) is 2. The van der Waals surface area contributed by atoms with Gasteiger partial charge in [0.2, 0.25) is 5.91 Å². The van der Waals surface area contributed by atoms with Gasteiger partial charge in [0.15, 0.2) is 0 Å². The molecule has 0 N–H and O–H groups in total. The molecule has 5 heteroatoms. The van der Waals surface area contributed by atoms with Crippen LogP contribution in [0.4, 0.5) is 0 Å². The lowest BCUT2D eigenvalue weighted by molar-refractivity contribution is 0.0692. The van der Waals surface area contributed by atoms with Crippen LogP contribution in [0.5, 0.6) is 5.75 Å². The summed E-state index contributed by atoms with van der Waals surface area (Å²) in [5, 5.41) is 0.716. The Labute approximate surface area is 159 Å². The van der Waals surface area contributed by atoms with E-state index in [9.17, 15) is 9.59 Å². The van der Waals surface area contributed by atoms with E-state index in [0.717, 1.165) is 5.56 Å². The monoisotopic (exact) mass is 364 g/mol. The lowest BCUT2D eigenvalue weighted by Gasteiger charge is -2.27. The summed E-state index contributed by atoms with van der Waals surface area (Å²) in [6, 6.07) is 15.3. The van der Waals surface area contributed by atoms with Gasteiger partial charge in [-0.2, -0.15) is 0 Å². The first-order valence-electron chi connectivity index (χ1n) is 8.97. The molecule has 0 saturated heterocycles. The van der Waals surface area contributed by atoms with Gasteiger partial charge in [0.1, 0.15) is 5.75 Å². The van der Waals surface area contributed by atoms with Crippen molar-refractivity contribution < 1.29 is 14.3 Å². The number of benzene rings is 2. The topological polar surface area (TPSA) is 51.5 Å². The highest BCUT2D eigenvalue weighted by Crippen LogP contribution is 2.28. The summed E-state index contributed by atoms with van der Waals surface area (Å²) in [7, 11) is 1.58. The number of aromatic nitrogens is 1. The highest BCUT2D eigenvalue weighted by Gasteiger charge is 2.24. The van der Waals surface area contributed by atoms with Gasteiger partial charge in [0.05, 0.1) is 18.2 Å². The molecule has 140 valence electrons. The largest absolute Gasteiger partial charge is 0.497 e. The number of fused-ring (bicyclic) bond motifs is 1. The number of ether oxygens (including phenoxy) is 1. The van der Waals surface area contributed by atoms with E-state index < -0.39 is 0 Å². The SMILES string of the molecule is COc1ccc2c(c1)c(C(=O)N(Cc1ccccc1)C(C)C)cn2C(C)=O. The zero-order valence-electron chi connectivity index (χ0n) is 16.1. The van der Waals surface area contributed by atoms with Gasteiger partial charge >= 0.3 is 0 Å². The summed E-state index contributed by atoms with van der Waals surface area (Å²) in [5.74, 6) is 0.410. The molecule has 0 aliphatic carbocycles. The van der Waals surface area contributed by atoms with E-state index in [1.807, 2.05) is 61.2 Å². The van der Waals surface area contributed by atoms with Gasteiger partial charge in [-0.3, -0.25) is 14.2 Å². The van der Waals surface area contributed by atoms with Gasteiger partial charge in [0.25, 0.3) is 5.91 Å². The van der Waals surface area contributed by atoms with Gasteiger partial charge < -0.3 is 9.64 Å². The van der Waals surface area contributed by atoms with Crippen molar-refractivity contribution in [2.24, 2.45) is 0 Å². The maximum absolute atomic E-state index is 13.4. The summed E-state index contributed by atoms with van der Waals surface area (Å²) < 4.78 is 6.83. The predicted molar refractivity (Wildman–Crippen MR) is 106 cm³/mol. The van der Waals surface area contributed by atoms with Crippen molar-refractivity contribution in [1.29, 1.82) is 0 Å². The Morgan fingerprint density at radius 2 is 1.81 bits per heavy atom. The van der Waals surface area contributed by atoms with E-state index in [0.29, 0.717) is 28.8 Å². The van der Waals surface area contributed by atoms with Crippen molar-refractivity contribution in [3.05, 3.63) is 65.9 Å². The first kappa shape index (κ1) is 18.7. The molecule has 1 aromatic heterocycles. The molecule has 0 spiro atoms. The lowest BCUT2D eigenvalue weighted by Crippen LogP contribution is -2.36. The van der Waals surface area contributed by atoms with Gasteiger partial charge in [0, 0.05) is 31.1 Å². The van der Waals surface area contributed by atoms with Crippen LogP contribution in [0.2, 0.25) is 0 Å². The Bertz CT molecular complexity index is 974. The molecule has 0 radical (unpaired) electrons. The van der Waals surface area contributed by atoms with Gasteiger partial charge in [-0.05, 0) is 37.6 Å². The number of hydrogen-bond acceptors (Lipinski definition) is 3. The van der Waals surface area contributed by atoms with Crippen LogP contribution in [-0.4, -0.2) is 34.4 Å². The van der Waals surface area contributed by atoms with E-state index >= 15 is 0 Å². The van der Waals surface area contributed by atoms with E-state index in [1.54, 1.807) is 19.4 Å². The molecule has 1 amide bonds. The third-order valence-corrected chi connectivity index (χ3v) is 4.66. The Balaban J connectivity index is 2.08. The lowest BCUT2D eigenvalue weighted by atomic mass is 10.1. The molecule has 5 nitrogen and oxygen atoms in total. The highest BCUT2D eigenvalue weighted by atomic mass is 16.5. The number of carbonyl (C=O) groups excluding carboxylic acids is 2. The fourth-order valence-electron chi connectivity index (χ4n) is 3.19. The van der Waals surface area contributed by atoms with Crippen LogP contribution >= 0.6 is 0 Å². The molecule has 0 saturated carbocycles. The summed E-state index contributed by atoms with van der Waals surface area (Å²) in [6.45, 7) is 5.98. The fraction of sp³-hybridized carbons (Fsp3) is 0.273. The zero-order chi connectivity index (χ0) is 19.6. The normalized spacial score (nSPS) is 11.0. The summed E-state index contributed by atoms with van der Waals surface area (Å²) in [6.07, 6.45) is 1.63. The molecule has 2 aromatic carbocycles. The molecule has 3 rings (SSSR count). The molecule has 0 fully saturated rings. The molecule has 0 aliphatic heterocycles. The van der Waals surface area contributed by atoms with Crippen molar-refractivity contribution in [2.45, 2.75) is 33.4 Å². The van der Waals surface area contributed by atoms with Crippen molar-refractivity contribution in [1.82, 2.24) is 9.47 Å². The van der Waals surface area contributed by atoms with Crippen molar-refractivity contribution in [2.75, 3.05) is 7.11 Å². The average molecular weight is 364 g/mol. The quantitative estimate of drug-likeness (QED) is 0.676. The predicted octanol–water partition coefficient (Wildman–Crippen LogP) is 4.36. The minimum absolute atomic E-state index is 0.0130. The third kappa shape index (κ3) is 3.72. The standard InChI is InChI=1S/C22H24N2O3/c1-15(2)23(13-17-8-6-5-7-9-17)22(26)20-14-24(16(3)25)21-11-10-18(27-4)12-19(20)21/h5-12,14-15H,13H2,1-4H3. The van der Waals surface area contributed by atoms with E-state index in [2.05, 4.69) is 0 Å². The molecule has 1 heterocycles. The molecular formula is C22H24N2O3. The van der Waals surface area contributed by atoms with E-state index in [-0.39, 0.29) is 17.9 Å². The maximum atomic E-state index is 13.4. The maximum Gasteiger partial charge on any atom is 0.256 e. The van der Waals surface area contributed by atoms with Crippen LogP contribution in [-0.2, 0) is 6.54 Å². The van der Waals surface area contributed by atoms with E-state index in [4.69, 9.17) is 4.74 Å². The minimum atomic E-state index is -0.136. The molecule has 0 atom stereocenters. The highest BCUT2D eigenvalue weighted by molar-refractivity contribution is 6.09. The number of amides is 1. The summed E-state index contributed by atoms with van der Waals surface area (Å²) >= 11 is 0. The molecular weight excluding hydrogens is 340 g/mol. The van der Waals surface area contributed by atoms with Gasteiger partial charge in [-0.15, -0.1) is 0 Å². The number of carbonyl (C=O) groups is 2. The smallest absolute Gasteiger partial charge is 0.256 e. The Morgan fingerprint density at radius 3 is 2.41 bits per heavy atom.